The molecule has 1 aromatic rings. The van der Waals surface area contributed by atoms with Gasteiger partial charge in [-0.15, -0.1) is 0 Å². The zero-order valence-corrected chi connectivity index (χ0v) is 24.0. The van der Waals surface area contributed by atoms with Gasteiger partial charge in [-0.3, -0.25) is 0 Å². The summed E-state index contributed by atoms with van der Waals surface area (Å²) in [5.41, 5.74) is 4.05. The Morgan fingerprint density at radius 1 is 0.917 bits per heavy atom. The van der Waals surface area contributed by atoms with Crippen molar-refractivity contribution in [1.82, 2.24) is 0 Å². The molecule has 5 rings (SSSR count). The van der Waals surface area contributed by atoms with Crippen LogP contribution in [0.1, 0.15) is 117 Å². The summed E-state index contributed by atoms with van der Waals surface area (Å²) >= 11 is 0. The third-order valence-electron chi connectivity index (χ3n) is 11.8. The molecule has 0 radical (unpaired) electrons. The van der Waals surface area contributed by atoms with E-state index in [-0.39, 0.29) is 0 Å². The van der Waals surface area contributed by atoms with Crippen molar-refractivity contribution in [3.8, 4) is 11.8 Å². The third kappa shape index (κ3) is 4.98. The van der Waals surface area contributed by atoms with E-state index >= 15 is 0 Å². The van der Waals surface area contributed by atoms with Crippen molar-refractivity contribution >= 4 is 0 Å². The molecule has 8 atom stereocenters. The summed E-state index contributed by atoms with van der Waals surface area (Å²) in [7, 11) is 0. The molecule has 3 saturated carbocycles. The maximum atomic E-state index is 3.53. The van der Waals surface area contributed by atoms with Gasteiger partial charge in [-0.2, -0.15) is 0 Å². The average Bonchev–Trinajstić information content (AvgIpc) is 3.22. The third-order valence-corrected chi connectivity index (χ3v) is 11.8. The van der Waals surface area contributed by atoms with Crippen molar-refractivity contribution in [2.75, 3.05) is 0 Å². The fourth-order valence-corrected chi connectivity index (χ4v) is 9.75. The van der Waals surface area contributed by atoms with Crippen LogP contribution in [0.2, 0.25) is 0 Å². The molecule has 0 amide bonds. The summed E-state index contributed by atoms with van der Waals surface area (Å²) in [6.07, 6.45) is 19.5. The highest BCUT2D eigenvalue weighted by Crippen LogP contribution is 2.67. The maximum Gasteiger partial charge on any atom is 0.0245 e. The second-order valence-corrected chi connectivity index (χ2v) is 14.3. The Balaban J connectivity index is 1.24. The van der Waals surface area contributed by atoms with Crippen LogP contribution in [0, 0.1) is 64.1 Å². The number of benzene rings is 1. The van der Waals surface area contributed by atoms with Crippen LogP contribution in [0.15, 0.2) is 42.0 Å². The molecule has 196 valence electrons. The fraction of sp³-hybridized carbons (Fsp3) is 0.722. The minimum Gasteiger partial charge on any atom is -0.0976 e. The van der Waals surface area contributed by atoms with Crippen LogP contribution < -0.4 is 0 Å². The lowest BCUT2D eigenvalue weighted by Gasteiger charge is -2.58. The molecule has 0 aliphatic heterocycles. The lowest BCUT2D eigenvalue weighted by Crippen LogP contribution is -2.50. The van der Waals surface area contributed by atoms with Crippen molar-refractivity contribution in [2.45, 2.75) is 112 Å². The zero-order valence-electron chi connectivity index (χ0n) is 24.0. The van der Waals surface area contributed by atoms with Crippen molar-refractivity contribution in [1.29, 1.82) is 0 Å². The van der Waals surface area contributed by atoms with E-state index < -0.39 is 0 Å². The van der Waals surface area contributed by atoms with E-state index in [9.17, 15) is 0 Å². The zero-order chi connectivity index (χ0) is 25.3. The van der Waals surface area contributed by atoms with Crippen molar-refractivity contribution in [2.24, 2.45) is 52.3 Å². The molecule has 1 unspecified atom stereocenters. The van der Waals surface area contributed by atoms with E-state index in [1.807, 2.05) is 5.57 Å². The fourth-order valence-electron chi connectivity index (χ4n) is 9.75. The van der Waals surface area contributed by atoms with E-state index in [1.165, 1.54) is 70.6 Å². The van der Waals surface area contributed by atoms with Gasteiger partial charge in [0, 0.05) is 12.0 Å². The minimum atomic E-state index is 0.467. The summed E-state index contributed by atoms with van der Waals surface area (Å²) in [5, 5.41) is 0. The first kappa shape index (κ1) is 26.1. The van der Waals surface area contributed by atoms with Gasteiger partial charge in [0.05, 0.1) is 0 Å². The molecule has 0 heterocycles. The molecule has 4 aliphatic rings. The maximum absolute atomic E-state index is 3.53. The Morgan fingerprint density at radius 3 is 2.50 bits per heavy atom. The Hall–Kier alpha value is -1.48. The highest BCUT2D eigenvalue weighted by molar-refractivity contribution is 5.34. The first-order valence-corrected chi connectivity index (χ1v) is 15.5. The second-order valence-electron chi connectivity index (χ2n) is 14.3. The molecule has 0 aromatic heterocycles. The minimum absolute atomic E-state index is 0.467. The SMILES string of the molecule is CC(C)CCC[C@@H](C)[C@H]1CC[C@H]2[C@@H]3CC=C4CC(CC#Cc5ccccc5)CC[C@]4(C)[C@H]3CC[C@]12C. The molecule has 0 spiro atoms. The number of hydrogen-bond donors (Lipinski definition) is 0. The highest BCUT2D eigenvalue weighted by Gasteiger charge is 2.59. The van der Waals surface area contributed by atoms with Gasteiger partial charge in [0.25, 0.3) is 0 Å². The summed E-state index contributed by atoms with van der Waals surface area (Å²) in [5.74, 6) is 13.3. The molecule has 0 saturated heterocycles. The quantitative estimate of drug-likeness (QED) is 0.278. The molecule has 0 nitrogen and oxygen atoms in total. The standard InChI is InChI=1S/C36H52/c1-26(2)11-9-12-27(3)32-19-20-33-31-18-17-30-25-29(16-10-15-28-13-7-6-8-14-28)21-23-35(30,4)34(31)22-24-36(32,33)5/h6-8,13-14,17,26-27,29,31-34H,9,11-12,16,18-25H2,1-5H3/t27-,29?,31+,32-,33+,34+,35+,36-/m1/s1. The van der Waals surface area contributed by atoms with Gasteiger partial charge in [0.1, 0.15) is 0 Å². The Kier molecular flexibility index (Phi) is 7.78. The van der Waals surface area contributed by atoms with Crippen molar-refractivity contribution in [3.05, 3.63) is 47.5 Å². The van der Waals surface area contributed by atoms with Crippen molar-refractivity contribution in [3.63, 3.8) is 0 Å². The van der Waals surface area contributed by atoms with Crippen molar-refractivity contribution < 1.29 is 0 Å². The molecule has 1 aromatic carbocycles. The normalized spacial score (nSPS) is 38.3. The topological polar surface area (TPSA) is 0 Å². The smallest absolute Gasteiger partial charge is 0.0245 e. The number of rotatable bonds is 6. The summed E-state index contributed by atoms with van der Waals surface area (Å²) in [6, 6.07) is 10.5. The lowest BCUT2D eigenvalue weighted by molar-refractivity contribution is -0.0526. The molecule has 0 N–H and O–H groups in total. The summed E-state index contributed by atoms with van der Waals surface area (Å²) < 4.78 is 0. The van der Waals surface area contributed by atoms with Gasteiger partial charge in [-0.1, -0.05) is 95.6 Å². The first-order valence-electron chi connectivity index (χ1n) is 15.5. The van der Waals surface area contributed by atoms with E-state index in [0.29, 0.717) is 10.8 Å². The molecule has 0 bridgehead atoms. The summed E-state index contributed by atoms with van der Waals surface area (Å²) in [6.45, 7) is 12.8. The molecular weight excluding hydrogens is 432 g/mol. The predicted molar refractivity (Wildman–Crippen MR) is 154 cm³/mol. The van der Waals surface area contributed by atoms with Crippen LogP contribution in [0.5, 0.6) is 0 Å². The van der Waals surface area contributed by atoms with Crippen LogP contribution >= 0.6 is 0 Å². The molecular formula is C36H52. The first-order chi connectivity index (χ1) is 17.3. The van der Waals surface area contributed by atoms with Gasteiger partial charge < -0.3 is 0 Å². The van der Waals surface area contributed by atoms with Gasteiger partial charge in [-0.05, 0) is 116 Å². The number of fused-ring (bicyclic) bond motifs is 5. The lowest BCUT2D eigenvalue weighted by atomic mass is 9.46. The molecule has 0 heteroatoms. The van der Waals surface area contributed by atoms with Crippen LogP contribution in [0.25, 0.3) is 0 Å². The van der Waals surface area contributed by atoms with Gasteiger partial charge in [-0.25, -0.2) is 0 Å². The highest BCUT2D eigenvalue weighted by atomic mass is 14.6. The monoisotopic (exact) mass is 484 g/mol. The molecule has 36 heavy (non-hydrogen) atoms. The molecule has 3 fully saturated rings. The predicted octanol–water partition coefficient (Wildman–Crippen LogP) is 10.1. The van der Waals surface area contributed by atoms with Gasteiger partial charge in [0.15, 0.2) is 0 Å². The number of hydrogen-bond acceptors (Lipinski definition) is 0. The van der Waals surface area contributed by atoms with Crippen LogP contribution in [-0.2, 0) is 0 Å². The van der Waals surface area contributed by atoms with E-state index in [0.717, 1.165) is 53.4 Å². The number of allylic oxidation sites excluding steroid dienone is 2. The summed E-state index contributed by atoms with van der Waals surface area (Å²) in [4.78, 5) is 0. The second kappa shape index (κ2) is 10.7. The average molecular weight is 485 g/mol. The van der Waals surface area contributed by atoms with E-state index in [1.54, 1.807) is 0 Å². The Labute approximate surface area is 223 Å². The largest absolute Gasteiger partial charge is 0.0976 e. The molecule has 4 aliphatic carbocycles. The van der Waals surface area contributed by atoms with E-state index in [2.05, 4.69) is 82.9 Å². The Bertz CT molecular complexity index is 972. The van der Waals surface area contributed by atoms with Gasteiger partial charge >= 0.3 is 0 Å². The Morgan fingerprint density at radius 2 is 1.72 bits per heavy atom. The van der Waals surface area contributed by atoms with Crippen LogP contribution in [0.3, 0.4) is 0 Å². The van der Waals surface area contributed by atoms with Gasteiger partial charge in [0.2, 0.25) is 0 Å². The van der Waals surface area contributed by atoms with Crippen LogP contribution in [-0.4, -0.2) is 0 Å². The van der Waals surface area contributed by atoms with E-state index in [4.69, 9.17) is 0 Å². The van der Waals surface area contributed by atoms with Crippen LogP contribution in [0.4, 0.5) is 0 Å².